The third-order valence-electron chi connectivity index (χ3n) is 3.52. The molecule has 8 nitrogen and oxygen atoms in total. The number of carbonyl (C=O) groups is 1. The molecule has 0 unspecified atom stereocenters. The van der Waals surface area contributed by atoms with Crippen LogP contribution in [0.4, 0.5) is 5.13 Å². The van der Waals surface area contributed by atoms with Gasteiger partial charge in [-0.2, -0.15) is 0 Å². The smallest absolute Gasteiger partial charge is 0.269 e. The number of hydrogen-bond acceptors (Lipinski definition) is 7. The summed E-state index contributed by atoms with van der Waals surface area (Å²) in [6, 6.07) is 11.2. The van der Waals surface area contributed by atoms with E-state index in [1.807, 2.05) is 0 Å². The number of para-hydroxylation sites is 1. The van der Waals surface area contributed by atoms with Crippen LogP contribution >= 0.6 is 46.1 Å². The summed E-state index contributed by atoms with van der Waals surface area (Å²) in [6.07, 6.45) is 0. The number of hydrogen-bond donors (Lipinski definition) is 2. The van der Waals surface area contributed by atoms with Crippen LogP contribution in [0.1, 0.15) is 10.4 Å². The molecule has 3 aromatic rings. The topological polar surface area (TPSA) is 110 Å². The molecule has 1 heterocycles. The average molecular weight is 508 g/mol. The van der Waals surface area contributed by atoms with E-state index in [1.54, 1.807) is 24.3 Å². The van der Waals surface area contributed by atoms with E-state index in [9.17, 15) is 13.2 Å². The maximum atomic E-state index is 12.3. The minimum Gasteiger partial charge on any atom is -0.491 e. The predicted molar refractivity (Wildman–Crippen MR) is 116 cm³/mol. The van der Waals surface area contributed by atoms with Crippen LogP contribution in [0.15, 0.2) is 46.8 Å². The molecule has 3 rings (SSSR count). The van der Waals surface area contributed by atoms with Gasteiger partial charge in [0, 0.05) is 11.6 Å². The SMILES string of the molecule is O=C(Nc1nnc(S(=O)(=O)NCCOc2ccccc2Cl)s1)c1ccc(Cl)cc1Cl. The van der Waals surface area contributed by atoms with Crippen molar-refractivity contribution in [2.24, 2.45) is 0 Å². The molecule has 0 aliphatic heterocycles. The maximum absolute atomic E-state index is 12.3. The average Bonchev–Trinajstić information content (AvgIpc) is 3.16. The van der Waals surface area contributed by atoms with Gasteiger partial charge in [-0.1, -0.05) is 58.3 Å². The monoisotopic (exact) mass is 506 g/mol. The Kier molecular flexibility index (Phi) is 7.50. The van der Waals surface area contributed by atoms with E-state index in [2.05, 4.69) is 20.2 Å². The zero-order chi connectivity index (χ0) is 21.7. The summed E-state index contributed by atoms with van der Waals surface area (Å²) >= 11 is 18.5. The van der Waals surface area contributed by atoms with E-state index in [4.69, 9.17) is 39.5 Å². The number of nitrogens with zero attached hydrogens (tertiary/aromatic N) is 2. The first-order valence-electron chi connectivity index (χ1n) is 8.23. The normalized spacial score (nSPS) is 11.3. The third kappa shape index (κ3) is 5.81. The first-order valence-corrected chi connectivity index (χ1v) is 11.7. The molecule has 2 aromatic carbocycles. The standard InChI is InChI=1S/C17H13Cl3N4O4S2/c18-10-5-6-11(13(20)9-10)15(25)22-16-23-24-17(29-16)30(26,27)21-7-8-28-14-4-2-1-3-12(14)19/h1-6,9,21H,7-8H2,(H,22,23,25). The molecule has 0 fully saturated rings. The van der Waals surface area contributed by atoms with Crippen LogP contribution < -0.4 is 14.8 Å². The largest absolute Gasteiger partial charge is 0.491 e. The number of carbonyl (C=O) groups excluding carboxylic acids is 1. The van der Waals surface area contributed by atoms with Gasteiger partial charge in [-0.25, -0.2) is 13.1 Å². The second-order valence-corrected chi connectivity index (χ2v) is 9.80. The Hall–Kier alpha value is -1.95. The van der Waals surface area contributed by atoms with Gasteiger partial charge in [0.2, 0.25) is 9.47 Å². The molecule has 0 atom stereocenters. The zero-order valence-electron chi connectivity index (χ0n) is 14.9. The van der Waals surface area contributed by atoms with Gasteiger partial charge in [-0.05, 0) is 30.3 Å². The lowest BCUT2D eigenvalue weighted by molar-refractivity contribution is 0.102. The Morgan fingerprint density at radius 2 is 1.83 bits per heavy atom. The van der Waals surface area contributed by atoms with E-state index in [0.29, 0.717) is 27.1 Å². The van der Waals surface area contributed by atoms with Crippen molar-refractivity contribution in [3.8, 4) is 5.75 Å². The number of sulfonamides is 1. The van der Waals surface area contributed by atoms with Crippen molar-refractivity contribution in [2.75, 3.05) is 18.5 Å². The lowest BCUT2D eigenvalue weighted by atomic mass is 10.2. The highest BCUT2D eigenvalue weighted by Crippen LogP contribution is 2.25. The van der Waals surface area contributed by atoms with Crippen molar-refractivity contribution >= 4 is 67.2 Å². The molecule has 0 spiro atoms. The van der Waals surface area contributed by atoms with Crippen LogP contribution in [0.5, 0.6) is 5.75 Å². The quantitative estimate of drug-likeness (QED) is 0.351. The first-order chi connectivity index (χ1) is 14.3. The molecule has 2 N–H and O–H groups in total. The summed E-state index contributed by atoms with van der Waals surface area (Å²) in [5.41, 5.74) is 0.163. The van der Waals surface area contributed by atoms with E-state index in [0.717, 1.165) is 0 Å². The highest BCUT2D eigenvalue weighted by atomic mass is 35.5. The van der Waals surface area contributed by atoms with Gasteiger partial charge >= 0.3 is 0 Å². The van der Waals surface area contributed by atoms with E-state index in [1.165, 1.54) is 18.2 Å². The number of aromatic nitrogens is 2. The van der Waals surface area contributed by atoms with Crippen LogP contribution in [0.2, 0.25) is 15.1 Å². The third-order valence-corrected chi connectivity index (χ3v) is 7.05. The fraction of sp³-hybridized carbons (Fsp3) is 0.118. The van der Waals surface area contributed by atoms with Crippen molar-refractivity contribution in [3.63, 3.8) is 0 Å². The Balaban J connectivity index is 1.57. The van der Waals surface area contributed by atoms with Crippen molar-refractivity contribution in [2.45, 2.75) is 4.34 Å². The zero-order valence-corrected chi connectivity index (χ0v) is 18.8. The van der Waals surface area contributed by atoms with Gasteiger partial charge in [0.15, 0.2) is 0 Å². The molecule has 0 aliphatic rings. The number of nitrogens with one attached hydrogen (secondary N) is 2. The molecule has 0 bridgehead atoms. The van der Waals surface area contributed by atoms with E-state index < -0.39 is 15.9 Å². The van der Waals surface area contributed by atoms with E-state index in [-0.39, 0.29) is 33.2 Å². The van der Waals surface area contributed by atoms with Crippen LogP contribution in [-0.4, -0.2) is 37.7 Å². The number of benzene rings is 2. The van der Waals surface area contributed by atoms with Crippen LogP contribution in [0, 0.1) is 0 Å². The minimum absolute atomic E-state index is 0.00120. The van der Waals surface area contributed by atoms with Gasteiger partial charge in [0.05, 0.1) is 15.6 Å². The highest BCUT2D eigenvalue weighted by molar-refractivity contribution is 7.91. The molecule has 158 valence electrons. The molecule has 13 heteroatoms. The summed E-state index contributed by atoms with van der Waals surface area (Å²) in [7, 11) is -3.93. The van der Waals surface area contributed by atoms with Gasteiger partial charge in [-0.15, -0.1) is 10.2 Å². The van der Waals surface area contributed by atoms with Gasteiger partial charge in [0.25, 0.3) is 15.9 Å². The Morgan fingerprint density at radius 3 is 2.57 bits per heavy atom. The number of anilines is 1. The summed E-state index contributed by atoms with van der Waals surface area (Å²) in [5, 5.41) is 10.7. The molecule has 1 aromatic heterocycles. The molecule has 1 amide bonds. The highest BCUT2D eigenvalue weighted by Gasteiger charge is 2.21. The Labute approximate surface area is 191 Å². The molecule has 30 heavy (non-hydrogen) atoms. The summed E-state index contributed by atoms with van der Waals surface area (Å²) in [6.45, 7) is 0.0373. The van der Waals surface area contributed by atoms with Crippen molar-refractivity contribution in [1.29, 1.82) is 0 Å². The number of amides is 1. The molecule has 0 aliphatic carbocycles. The first kappa shape index (κ1) is 22.7. The summed E-state index contributed by atoms with van der Waals surface area (Å²) in [5.74, 6) is -0.127. The molecular formula is C17H13Cl3N4O4S2. The summed E-state index contributed by atoms with van der Waals surface area (Å²) in [4.78, 5) is 12.3. The number of rotatable bonds is 8. The molecular weight excluding hydrogens is 495 g/mol. The van der Waals surface area contributed by atoms with Crippen LogP contribution in [-0.2, 0) is 10.0 Å². The maximum Gasteiger partial charge on any atom is 0.269 e. The minimum atomic E-state index is -3.93. The predicted octanol–water partition coefficient (Wildman–Crippen LogP) is 4.11. The lowest BCUT2D eigenvalue weighted by Crippen LogP contribution is -2.28. The van der Waals surface area contributed by atoms with Crippen molar-refractivity contribution in [3.05, 3.63) is 63.1 Å². The van der Waals surface area contributed by atoms with Gasteiger partial charge < -0.3 is 4.74 Å². The molecule has 0 radical (unpaired) electrons. The number of halogens is 3. The molecule has 0 saturated carbocycles. The Bertz CT molecular complexity index is 1170. The van der Waals surface area contributed by atoms with Crippen LogP contribution in [0.3, 0.4) is 0 Å². The Morgan fingerprint density at radius 1 is 1.07 bits per heavy atom. The van der Waals surface area contributed by atoms with E-state index >= 15 is 0 Å². The van der Waals surface area contributed by atoms with Crippen molar-refractivity contribution in [1.82, 2.24) is 14.9 Å². The van der Waals surface area contributed by atoms with Crippen LogP contribution in [0.25, 0.3) is 0 Å². The fourth-order valence-electron chi connectivity index (χ4n) is 2.17. The van der Waals surface area contributed by atoms with Crippen molar-refractivity contribution < 1.29 is 17.9 Å². The summed E-state index contributed by atoms with van der Waals surface area (Å²) < 4.78 is 32.1. The lowest BCUT2D eigenvalue weighted by Gasteiger charge is -2.08. The molecule has 0 saturated heterocycles. The number of ether oxygens (including phenoxy) is 1. The van der Waals surface area contributed by atoms with Gasteiger partial charge in [0.1, 0.15) is 12.4 Å². The fourth-order valence-corrected chi connectivity index (χ4v) is 4.80. The second-order valence-electron chi connectivity index (χ2n) is 5.63. The van der Waals surface area contributed by atoms with Gasteiger partial charge in [-0.3, -0.25) is 10.1 Å². The second kappa shape index (κ2) is 9.90.